The summed E-state index contributed by atoms with van der Waals surface area (Å²) in [4.78, 5) is 15.4. The molecule has 1 aromatic heterocycles. The minimum atomic E-state index is -4.72. The molecule has 0 bridgehead atoms. The minimum absolute atomic E-state index is 0.0611. The summed E-state index contributed by atoms with van der Waals surface area (Å²) in [6.45, 7) is 0.250. The molecule has 11 heteroatoms. The highest BCUT2D eigenvalue weighted by molar-refractivity contribution is 7.91. The van der Waals surface area contributed by atoms with Crippen molar-refractivity contribution in [3.63, 3.8) is 0 Å². The second kappa shape index (κ2) is 6.71. The average molecular weight is 389 g/mol. The van der Waals surface area contributed by atoms with Crippen molar-refractivity contribution >= 4 is 15.7 Å². The van der Waals surface area contributed by atoms with Crippen LogP contribution in [0.25, 0.3) is 11.4 Å². The van der Waals surface area contributed by atoms with Gasteiger partial charge in [0.15, 0.2) is 9.84 Å². The summed E-state index contributed by atoms with van der Waals surface area (Å²) in [6.07, 6.45) is -4.21. The fraction of sp³-hybridized carbons (Fsp3) is 0.400. The molecule has 1 fully saturated rings. The van der Waals surface area contributed by atoms with Gasteiger partial charge in [0, 0.05) is 17.7 Å². The van der Waals surface area contributed by atoms with Crippen molar-refractivity contribution in [2.45, 2.75) is 12.6 Å². The minimum Gasteiger partial charge on any atom is -0.352 e. The number of hydrogen-bond donors (Lipinski definition) is 1. The molecule has 26 heavy (non-hydrogen) atoms. The molecule has 0 saturated carbocycles. The van der Waals surface area contributed by atoms with E-state index in [-0.39, 0.29) is 40.9 Å². The molecule has 1 aliphatic heterocycles. The van der Waals surface area contributed by atoms with Crippen LogP contribution in [-0.4, -0.2) is 42.5 Å². The number of carbonyl (C=O) groups is 1. The number of benzene rings is 1. The summed E-state index contributed by atoms with van der Waals surface area (Å²) in [7, 11) is -3.01. The van der Waals surface area contributed by atoms with Crippen molar-refractivity contribution < 1.29 is 30.9 Å². The van der Waals surface area contributed by atoms with Gasteiger partial charge in [0.05, 0.1) is 11.5 Å². The molecule has 1 N–H and O–H groups in total. The number of nitrogens with one attached hydrogen (secondary N) is 1. The lowest BCUT2D eigenvalue weighted by molar-refractivity contribution is -0.159. The standard InChI is InChI=1S/C15H14F3N3O4S/c16-15(17,18)14-20-12(21-25-14)10-1-3-11(4-2-10)13(22)19-7-9-5-6-26(23,24)8-9/h1-4,9H,5-8H2,(H,19,22)/t9-/m1/s1. The van der Waals surface area contributed by atoms with Crippen molar-refractivity contribution in [1.82, 2.24) is 15.5 Å². The topological polar surface area (TPSA) is 102 Å². The lowest BCUT2D eigenvalue weighted by Gasteiger charge is -2.09. The van der Waals surface area contributed by atoms with Gasteiger partial charge in [-0.15, -0.1) is 0 Å². The number of carbonyl (C=O) groups excluding carboxylic acids is 1. The molecule has 2 aromatic rings. The zero-order valence-electron chi connectivity index (χ0n) is 13.3. The van der Waals surface area contributed by atoms with Crippen LogP contribution in [0.1, 0.15) is 22.7 Å². The lowest BCUT2D eigenvalue weighted by atomic mass is 10.1. The second-order valence-electron chi connectivity index (χ2n) is 5.98. The highest BCUT2D eigenvalue weighted by Crippen LogP contribution is 2.29. The van der Waals surface area contributed by atoms with Gasteiger partial charge in [-0.1, -0.05) is 17.3 Å². The van der Waals surface area contributed by atoms with E-state index in [4.69, 9.17) is 0 Å². The van der Waals surface area contributed by atoms with Crippen LogP contribution in [0.5, 0.6) is 0 Å². The molecule has 1 aromatic carbocycles. The first kappa shape index (κ1) is 18.4. The predicted octanol–water partition coefficient (Wildman–Crippen LogP) is 1.92. The van der Waals surface area contributed by atoms with Gasteiger partial charge in [-0.3, -0.25) is 4.79 Å². The molecule has 140 valence electrons. The molecule has 7 nitrogen and oxygen atoms in total. The SMILES string of the molecule is O=C(NC[C@H]1CCS(=O)(=O)C1)c1ccc(-c2noc(C(F)(F)F)n2)cc1. The van der Waals surface area contributed by atoms with Gasteiger partial charge in [-0.2, -0.15) is 18.2 Å². The molecular formula is C15H14F3N3O4S. The quantitative estimate of drug-likeness (QED) is 0.857. The van der Waals surface area contributed by atoms with Crippen molar-refractivity contribution in [2.24, 2.45) is 5.92 Å². The van der Waals surface area contributed by atoms with E-state index in [0.29, 0.717) is 6.42 Å². The smallest absolute Gasteiger partial charge is 0.352 e. The predicted molar refractivity (Wildman–Crippen MR) is 83.8 cm³/mol. The Morgan fingerprint density at radius 1 is 1.27 bits per heavy atom. The number of rotatable bonds is 4. The Labute approximate surface area is 146 Å². The van der Waals surface area contributed by atoms with E-state index in [1.807, 2.05) is 0 Å². The van der Waals surface area contributed by atoms with Gasteiger partial charge in [0.2, 0.25) is 5.82 Å². The molecule has 1 saturated heterocycles. The number of hydrogen-bond acceptors (Lipinski definition) is 6. The maximum Gasteiger partial charge on any atom is 0.471 e. The Morgan fingerprint density at radius 3 is 2.50 bits per heavy atom. The van der Waals surface area contributed by atoms with E-state index in [1.54, 1.807) is 0 Å². The van der Waals surface area contributed by atoms with Gasteiger partial charge in [-0.05, 0) is 24.5 Å². The maximum absolute atomic E-state index is 12.5. The summed E-state index contributed by atoms with van der Waals surface area (Å²) >= 11 is 0. The van der Waals surface area contributed by atoms with Crippen molar-refractivity contribution in [1.29, 1.82) is 0 Å². The van der Waals surface area contributed by atoms with E-state index in [1.165, 1.54) is 24.3 Å². The Bertz CT molecular complexity index is 907. The number of sulfone groups is 1. The number of aromatic nitrogens is 2. The Kier molecular flexibility index (Phi) is 4.74. The van der Waals surface area contributed by atoms with E-state index < -0.39 is 27.8 Å². The molecule has 0 unspecified atom stereocenters. The number of halogens is 3. The average Bonchev–Trinajstić information content (AvgIpc) is 3.19. The summed E-state index contributed by atoms with van der Waals surface area (Å²) < 4.78 is 64.3. The molecular weight excluding hydrogens is 375 g/mol. The first-order chi connectivity index (χ1) is 12.1. The highest BCUT2D eigenvalue weighted by Gasteiger charge is 2.38. The number of alkyl halides is 3. The highest BCUT2D eigenvalue weighted by atomic mass is 32.2. The fourth-order valence-electron chi connectivity index (χ4n) is 2.60. The monoisotopic (exact) mass is 389 g/mol. The van der Waals surface area contributed by atoms with Crippen molar-refractivity contribution in [2.75, 3.05) is 18.1 Å². The van der Waals surface area contributed by atoms with E-state index in [2.05, 4.69) is 20.0 Å². The fourth-order valence-corrected chi connectivity index (χ4v) is 4.46. The van der Waals surface area contributed by atoms with Gasteiger partial charge in [0.25, 0.3) is 5.91 Å². The third-order valence-electron chi connectivity index (χ3n) is 3.95. The lowest BCUT2D eigenvalue weighted by Crippen LogP contribution is -2.29. The molecule has 1 amide bonds. The summed E-state index contributed by atoms with van der Waals surface area (Å²) in [5, 5.41) is 5.93. The van der Waals surface area contributed by atoms with E-state index in [9.17, 15) is 26.4 Å². The summed E-state index contributed by atoms with van der Waals surface area (Å²) in [6, 6.07) is 5.64. The molecule has 2 heterocycles. The van der Waals surface area contributed by atoms with Crippen molar-refractivity contribution in [3.8, 4) is 11.4 Å². The zero-order chi connectivity index (χ0) is 18.9. The Morgan fingerprint density at radius 2 is 1.96 bits per heavy atom. The normalized spacial score (nSPS) is 19.4. The molecule has 1 aliphatic rings. The van der Waals surface area contributed by atoms with Gasteiger partial charge >= 0.3 is 12.1 Å². The largest absolute Gasteiger partial charge is 0.471 e. The van der Waals surface area contributed by atoms with Crippen LogP contribution < -0.4 is 5.32 Å². The Hall–Kier alpha value is -2.43. The third-order valence-corrected chi connectivity index (χ3v) is 5.79. The molecule has 3 rings (SSSR count). The van der Waals surface area contributed by atoms with Crippen LogP contribution in [0.3, 0.4) is 0 Å². The van der Waals surface area contributed by atoms with Crippen LogP contribution in [0.15, 0.2) is 28.8 Å². The summed E-state index contributed by atoms with van der Waals surface area (Å²) in [5.41, 5.74) is 0.553. The zero-order valence-corrected chi connectivity index (χ0v) is 14.1. The van der Waals surface area contributed by atoms with Crippen LogP contribution in [0, 0.1) is 5.92 Å². The van der Waals surface area contributed by atoms with Crippen LogP contribution in [0.4, 0.5) is 13.2 Å². The maximum atomic E-state index is 12.5. The number of nitrogens with zero attached hydrogens (tertiary/aromatic N) is 2. The second-order valence-corrected chi connectivity index (χ2v) is 8.21. The first-order valence-corrected chi connectivity index (χ1v) is 9.46. The van der Waals surface area contributed by atoms with Gasteiger partial charge in [0.1, 0.15) is 0 Å². The number of amides is 1. The van der Waals surface area contributed by atoms with Crippen LogP contribution in [0.2, 0.25) is 0 Å². The molecule has 0 radical (unpaired) electrons. The van der Waals surface area contributed by atoms with Crippen LogP contribution in [-0.2, 0) is 16.0 Å². The third kappa shape index (κ3) is 4.21. The Balaban J connectivity index is 1.62. The van der Waals surface area contributed by atoms with E-state index in [0.717, 1.165) is 0 Å². The van der Waals surface area contributed by atoms with Crippen molar-refractivity contribution in [3.05, 3.63) is 35.7 Å². The molecule has 0 spiro atoms. The summed E-state index contributed by atoms with van der Waals surface area (Å²) in [5.74, 6) is -1.99. The van der Waals surface area contributed by atoms with Gasteiger partial charge in [-0.25, -0.2) is 8.42 Å². The van der Waals surface area contributed by atoms with Gasteiger partial charge < -0.3 is 9.84 Å². The molecule has 1 atom stereocenters. The molecule has 0 aliphatic carbocycles. The first-order valence-electron chi connectivity index (χ1n) is 7.64. The van der Waals surface area contributed by atoms with Crippen LogP contribution >= 0.6 is 0 Å². The van der Waals surface area contributed by atoms with E-state index >= 15 is 0 Å².